The molecule has 1 saturated heterocycles. The third-order valence-electron chi connectivity index (χ3n) is 5.05. The zero-order valence-corrected chi connectivity index (χ0v) is 16.3. The van der Waals surface area contributed by atoms with E-state index in [0.29, 0.717) is 11.4 Å². The molecule has 1 fully saturated rings. The molecular weight excluding hydrogens is 368 g/mol. The molecule has 0 spiro atoms. The van der Waals surface area contributed by atoms with Gasteiger partial charge >= 0.3 is 0 Å². The number of benzene rings is 2. The molecule has 0 saturated carbocycles. The number of likely N-dealkylation sites (N-methyl/N-ethyl adjacent to an activating group) is 1. The van der Waals surface area contributed by atoms with Crippen LogP contribution in [-0.2, 0) is 9.59 Å². The molecule has 8 heteroatoms. The summed E-state index contributed by atoms with van der Waals surface area (Å²) in [6.07, 6.45) is 1.46. The number of carbonyl (C=O) groups is 2. The van der Waals surface area contributed by atoms with E-state index < -0.39 is 0 Å². The highest BCUT2D eigenvalue weighted by Crippen LogP contribution is 2.21. The molecule has 0 aliphatic carbocycles. The van der Waals surface area contributed by atoms with Crippen molar-refractivity contribution in [2.45, 2.75) is 6.42 Å². The van der Waals surface area contributed by atoms with Crippen LogP contribution in [0.5, 0.6) is 0 Å². The summed E-state index contributed by atoms with van der Waals surface area (Å²) in [4.78, 5) is 29.1. The molecular formula is C21H24N6O2. The molecule has 8 nitrogen and oxygen atoms in total. The average Bonchev–Trinajstić information content (AvgIpc) is 3.16. The van der Waals surface area contributed by atoms with Crippen LogP contribution in [0.25, 0.3) is 10.9 Å². The molecule has 0 atom stereocenters. The van der Waals surface area contributed by atoms with E-state index in [2.05, 4.69) is 37.7 Å². The fraction of sp³-hybridized carbons (Fsp3) is 0.286. The number of fused-ring (bicyclic) bond motifs is 1. The van der Waals surface area contributed by atoms with Gasteiger partial charge in [-0.15, -0.1) is 0 Å². The molecule has 150 valence electrons. The largest absolute Gasteiger partial charge is 0.369 e. The molecule has 3 N–H and O–H groups in total. The summed E-state index contributed by atoms with van der Waals surface area (Å²) in [6.45, 7) is 3.94. The Morgan fingerprint density at radius 3 is 2.48 bits per heavy atom. The van der Waals surface area contributed by atoms with E-state index in [4.69, 9.17) is 0 Å². The summed E-state index contributed by atoms with van der Waals surface area (Å²) in [5.74, 6) is -0.711. The SMILES string of the molecule is CN1CCN(c2cccc(NC(=O)CC(=O)Nc3ccc4cn[nH]c4c3)c2)CC1. The number of nitrogens with one attached hydrogen (secondary N) is 3. The Morgan fingerprint density at radius 1 is 1.00 bits per heavy atom. The van der Waals surface area contributed by atoms with Crippen molar-refractivity contribution >= 4 is 39.8 Å². The van der Waals surface area contributed by atoms with Gasteiger partial charge < -0.3 is 20.4 Å². The number of hydrogen-bond acceptors (Lipinski definition) is 5. The van der Waals surface area contributed by atoms with Crippen molar-refractivity contribution in [3.8, 4) is 0 Å². The van der Waals surface area contributed by atoms with Crippen LogP contribution in [0.3, 0.4) is 0 Å². The number of piperazine rings is 1. The molecule has 0 radical (unpaired) electrons. The van der Waals surface area contributed by atoms with E-state index >= 15 is 0 Å². The number of aromatic nitrogens is 2. The lowest BCUT2D eigenvalue weighted by atomic mass is 10.2. The minimum absolute atomic E-state index is 0.250. The zero-order chi connectivity index (χ0) is 20.2. The van der Waals surface area contributed by atoms with Gasteiger partial charge in [-0.3, -0.25) is 14.7 Å². The highest BCUT2D eigenvalue weighted by atomic mass is 16.2. The van der Waals surface area contributed by atoms with Crippen LogP contribution < -0.4 is 15.5 Å². The molecule has 1 aliphatic heterocycles. The first kappa shape index (κ1) is 18.9. The van der Waals surface area contributed by atoms with Crippen LogP contribution in [0.15, 0.2) is 48.7 Å². The number of rotatable bonds is 5. The Kier molecular flexibility index (Phi) is 5.44. The Bertz CT molecular complexity index is 1020. The molecule has 2 aromatic carbocycles. The molecule has 2 amide bonds. The van der Waals surface area contributed by atoms with E-state index in [1.54, 1.807) is 18.3 Å². The fourth-order valence-electron chi connectivity index (χ4n) is 3.42. The van der Waals surface area contributed by atoms with Gasteiger partial charge in [0.15, 0.2) is 0 Å². The van der Waals surface area contributed by atoms with Crippen molar-refractivity contribution in [2.75, 3.05) is 48.8 Å². The molecule has 1 aromatic heterocycles. The van der Waals surface area contributed by atoms with Crippen LogP contribution in [0.4, 0.5) is 17.1 Å². The topological polar surface area (TPSA) is 93.4 Å². The molecule has 0 unspecified atom stereocenters. The highest BCUT2D eigenvalue weighted by molar-refractivity contribution is 6.08. The zero-order valence-electron chi connectivity index (χ0n) is 16.3. The number of carbonyl (C=O) groups excluding carboxylic acids is 2. The van der Waals surface area contributed by atoms with Crippen LogP contribution in [0.2, 0.25) is 0 Å². The molecule has 0 bridgehead atoms. The second-order valence-electron chi connectivity index (χ2n) is 7.29. The van der Waals surface area contributed by atoms with Gasteiger partial charge in [-0.25, -0.2) is 0 Å². The summed E-state index contributed by atoms with van der Waals surface area (Å²) >= 11 is 0. The van der Waals surface area contributed by atoms with Crippen LogP contribution in [0, 0.1) is 0 Å². The Hall–Kier alpha value is -3.39. The van der Waals surface area contributed by atoms with Gasteiger partial charge in [-0.05, 0) is 43.4 Å². The minimum Gasteiger partial charge on any atom is -0.369 e. The fourth-order valence-corrected chi connectivity index (χ4v) is 3.42. The number of aromatic amines is 1. The van der Waals surface area contributed by atoms with Crippen LogP contribution >= 0.6 is 0 Å². The first-order valence-electron chi connectivity index (χ1n) is 9.63. The van der Waals surface area contributed by atoms with Crippen LogP contribution in [0.1, 0.15) is 6.42 Å². The average molecular weight is 392 g/mol. The predicted molar refractivity (Wildman–Crippen MR) is 114 cm³/mol. The van der Waals surface area contributed by atoms with Crippen molar-refractivity contribution < 1.29 is 9.59 Å². The Labute approximate surface area is 168 Å². The monoisotopic (exact) mass is 392 g/mol. The standard InChI is InChI=1S/C21H24N6O2/c1-26-7-9-27(10-8-26)18-4-2-3-16(11-18)23-20(28)13-21(29)24-17-6-5-15-14-22-25-19(15)12-17/h2-6,11-12,14H,7-10,13H2,1H3,(H,22,25)(H,23,28)(H,24,29). The quantitative estimate of drug-likeness (QED) is 0.579. The lowest BCUT2D eigenvalue weighted by Crippen LogP contribution is -2.44. The summed E-state index contributed by atoms with van der Waals surface area (Å²) in [6, 6.07) is 13.2. The molecule has 3 aromatic rings. The highest BCUT2D eigenvalue weighted by Gasteiger charge is 2.15. The van der Waals surface area contributed by atoms with Gasteiger partial charge in [-0.1, -0.05) is 6.07 Å². The van der Waals surface area contributed by atoms with Crippen molar-refractivity contribution in [2.24, 2.45) is 0 Å². The number of nitrogens with zero attached hydrogens (tertiary/aromatic N) is 3. The molecule has 29 heavy (non-hydrogen) atoms. The number of hydrogen-bond donors (Lipinski definition) is 3. The Morgan fingerprint density at radius 2 is 1.72 bits per heavy atom. The summed E-state index contributed by atoms with van der Waals surface area (Å²) in [5.41, 5.74) is 3.22. The Balaban J connectivity index is 1.33. The van der Waals surface area contributed by atoms with E-state index in [0.717, 1.165) is 42.8 Å². The van der Waals surface area contributed by atoms with Gasteiger partial charge in [0, 0.05) is 48.6 Å². The second-order valence-corrected chi connectivity index (χ2v) is 7.29. The van der Waals surface area contributed by atoms with Crippen molar-refractivity contribution in [1.82, 2.24) is 15.1 Å². The summed E-state index contributed by atoms with van der Waals surface area (Å²) < 4.78 is 0. The third kappa shape index (κ3) is 4.72. The smallest absolute Gasteiger partial charge is 0.233 e. The third-order valence-corrected chi connectivity index (χ3v) is 5.05. The van der Waals surface area contributed by atoms with E-state index in [1.165, 1.54) is 0 Å². The maximum absolute atomic E-state index is 12.3. The summed E-state index contributed by atoms with van der Waals surface area (Å²) in [7, 11) is 2.12. The first-order chi connectivity index (χ1) is 14.1. The molecule has 4 rings (SSSR count). The van der Waals surface area contributed by atoms with Gasteiger partial charge in [0.1, 0.15) is 6.42 Å². The lowest BCUT2D eigenvalue weighted by Gasteiger charge is -2.34. The second kappa shape index (κ2) is 8.32. The molecule has 2 heterocycles. The normalized spacial score (nSPS) is 14.7. The van der Waals surface area contributed by atoms with E-state index in [1.807, 2.05) is 30.3 Å². The molecule has 1 aliphatic rings. The summed E-state index contributed by atoms with van der Waals surface area (Å²) in [5, 5.41) is 13.3. The van der Waals surface area contributed by atoms with Gasteiger partial charge in [0.05, 0.1) is 11.7 Å². The number of amides is 2. The number of H-pyrrole nitrogens is 1. The lowest BCUT2D eigenvalue weighted by molar-refractivity contribution is -0.123. The van der Waals surface area contributed by atoms with Crippen LogP contribution in [-0.4, -0.2) is 60.1 Å². The van der Waals surface area contributed by atoms with E-state index in [-0.39, 0.29) is 18.2 Å². The van der Waals surface area contributed by atoms with Gasteiger partial charge in [-0.2, -0.15) is 5.10 Å². The van der Waals surface area contributed by atoms with Crippen molar-refractivity contribution in [3.05, 3.63) is 48.7 Å². The van der Waals surface area contributed by atoms with E-state index in [9.17, 15) is 9.59 Å². The maximum Gasteiger partial charge on any atom is 0.233 e. The van der Waals surface area contributed by atoms with Gasteiger partial charge in [0.25, 0.3) is 0 Å². The van der Waals surface area contributed by atoms with Gasteiger partial charge in [0.2, 0.25) is 11.8 Å². The van der Waals surface area contributed by atoms with Crippen molar-refractivity contribution in [3.63, 3.8) is 0 Å². The maximum atomic E-state index is 12.3. The minimum atomic E-state index is -0.364. The predicted octanol–water partition coefficient (Wildman–Crippen LogP) is 2.28. The first-order valence-corrected chi connectivity index (χ1v) is 9.63. The van der Waals surface area contributed by atoms with Crippen molar-refractivity contribution in [1.29, 1.82) is 0 Å². The number of anilines is 3.